The lowest BCUT2D eigenvalue weighted by molar-refractivity contribution is 0.280. The van der Waals surface area contributed by atoms with Crippen molar-refractivity contribution in [3.63, 3.8) is 0 Å². The summed E-state index contributed by atoms with van der Waals surface area (Å²) in [4.78, 5) is 0. The fraction of sp³-hybridized carbons (Fsp3) is 0.538. The third-order valence-electron chi connectivity index (χ3n) is 3.70. The molecule has 16 heavy (non-hydrogen) atoms. The van der Waals surface area contributed by atoms with Crippen molar-refractivity contribution >= 4 is 0 Å². The van der Waals surface area contributed by atoms with Crippen LogP contribution in [0.2, 0.25) is 0 Å². The van der Waals surface area contributed by atoms with Gasteiger partial charge in [0.25, 0.3) is 0 Å². The average Bonchev–Trinajstić information content (AvgIpc) is 2.71. The zero-order valence-electron chi connectivity index (χ0n) is 9.53. The zero-order valence-corrected chi connectivity index (χ0v) is 9.53. The number of rotatable bonds is 1. The van der Waals surface area contributed by atoms with Crippen molar-refractivity contribution in [2.24, 2.45) is 5.92 Å². The Hall–Kier alpha value is -1.22. The van der Waals surface area contributed by atoms with E-state index in [1.807, 2.05) is 6.07 Å². The van der Waals surface area contributed by atoms with Gasteiger partial charge in [-0.25, -0.2) is 0 Å². The van der Waals surface area contributed by atoms with Crippen LogP contribution in [0, 0.1) is 5.92 Å². The Balaban J connectivity index is 2.07. The van der Waals surface area contributed by atoms with E-state index < -0.39 is 0 Å². The van der Waals surface area contributed by atoms with Crippen LogP contribution < -0.4 is 14.8 Å². The highest BCUT2D eigenvalue weighted by Gasteiger charge is 2.33. The molecule has 0 amide bonds. The Morgan fingerprint density at radius 2 is 2.31 bits per heavy atom. The summed E-state index contributed by atoms with van der Waals surface area (Å²) in [6, 6.07) is 6.21. The van der Waals surface area contributed by atoms with Gasteiger partial charge >= 0.3 is 0 Å². The van der Waals surface area contributed by atoms with Gasteiger partial charge in [-0.2, -0.15) is 0 Å². The number of ether oxygens (including phenoxy) is 2. The minimum Gasteiger partial charge on any atom is -0.493 e. The van der Waals surface area contributed by atoms with E-state index in [-0.39, 0.29) is 0 Å². The van der Waals surface area contributed by atoms with Crippen molar-refractivity contribution in [3.8, 4) is 11.5 Å². The molecule has 0 radical (unpaired) electrons. The second-order valence-corrected chi connectivity index (χ2v) is 4.54. The van der Waals surface area contributed by atoms with Gasteiger partial charge in [0.2, 0.25) is 0 Å². The summed E-state index contributed by atoms with van der Waals surface area (Å²) in [6.45, 7) is 2.98. The lowest BCUT2D eigenvalue weighted by atomic mass is 9.87. The predicted octanol–water partition coefficient (Wildman–Crippen LogP) is 1.78. The second kappa shape index (κ2) is 3.98. The van der Waals surface area contributed by atoms with Crippen molar-refractivity contribution in [1.29, 1.82) is 0 Å². The number of hydrogen-bond donors (Lipinski definition) is 1. The highest BCUT2D eigenvalue weighted by molar-refractivity contribution is 5.49. The van der Waals surface area contributed by atoms with Gasteiger partial charge in [-0.1, -0.05) is 12.1 Å². The molecule has 0 bridgehead atoms. The summed E-state index contributed by atoms with van der Waals surface area (Å²) < 4.78 is 11.2. The minimum absolute atomic E-state index is 0.590. The van der Waals surface area contributed by atoms with Gasteiger partial charge in [0, 0.05) is 18.0 Å². The molecule has 1 N–H and O–H groups in total. The van der Waals surface area contributed by atoms with Crippen LogP contribution in [0.4, 0.5) is 0 Å². The highest BCUT2D eigenvalue weighted by atomic mass is 16.5. The monoisotopic (exact) mass is 219 g/mol. The molecule has 1 saturated heterocycles. The number of hydrogen-bond acceptors (Lipinski definition) is 3. The van der Waals surface area contributed by atoms with E-state index in [4.69, 9.17) is 9.47 Å². The SMILES string of the molecule is COc1cccc2c1OCCC1CNCC21. The molecule has 3 heteroatoms. The molecule has 86 valence electrons. The quantitative estimate of drug-likeness (QED) is 0.781. The van der Waals surface area contributed by atoms with E-state index in [2.05, 4.69) is 17.4 Å². The van der Waals surface area contributed by atoms with Gasteiger partial charge in [-0.3, -0.25) is 0 Å². The van der Waals surface area contributed by atoms with Crippen LogP contribution >= 0.6 is 0 Å². The molecule has 3 nitrogen and oxygen atoms in total. The van der Waals surface area contributed by atoms with Crippen LogP contribution in [0.25, 0.3) is 0 Å². The molecule has 3 rings (SSSR count). The Labute approximate surface area is 95.8 Å². The zero-order chi connectivity index (χ0) is 11.0. The van der Waals surface area contributed by atoms with E-state index in [1.54, 1.807) is 7.11 Å². The van der Waals surface area contributed by atoms with Crippen LogP contribution in [0.3, 0.4) is 0 Å². The van der Waals surface area contributed by atoms with E-state index in [0.29, 0.717) is 11.8 Å². The molecule has 2 aliphatic heterocycles. The average molecular weight is 219 g/mol. The van der Waals surface area contributed by atoms with Crippen molar-refractivity contribution < 1.29 is 9.47 Å². The summed E-state index contributed by atoms with van der Waals surface area (Å²) >= 11 is 0. The maximum Gasteiger partial charge on any atom is 0.164 e. The second-order valence-electron chi connectivity index (χ2n) is 4.54. The van der Waals surface area contributed by atoms with E-state index in [0.717, 1.165) is 37.6 Å². The molecule has 2 aliphatic rings. The Morgan fingerprint density at radius 3 is 3.19 bits per heavy atom. The molecule has 2 heterocycles. The molecular weight excluding hydrogens is 202 g/mol. The third kappa shape index (κ3) is 1.47. The maximum absolute atomic E-state index is 5.85. The predicted molar refractivity (Wildman–Crippen MR) is 62.2 cm³/mol. The van der Waals surface area contributed by atoms with Gasteiger partial charge in [-0.05, 0) is 24.9 Å². The van der Waals surface area contributed by atoms with Crippen LogP contribution in [-0.2, 0) is 0 Å². The summed E-state index contributed by atoms with van der Waals surface area (Å²) in [5, 5.41) is 3.47. The van der Waals surface area contributed by atoms with E-state index >= 15 is 0 Å². The third-order valence-corrected chi connectivity index (χ3v) is 3.70. The molecule has 2 unspecified atom stereocenters. The number of nitrogens with one attached hydrogen (secondary N) is 1. The molecule has 1 aromatic carbocycles. The number of benzene rings is 1. The highest BCUT2D eigenvalue weighted by Crippen LogP contribution is 2.43. The van der Waals surface area contributed by atoms with Gasteiger partial charge in [0.15, 0.2) is 11.5 Å². The summed E-state index contributed by atoms with van der Waals surface area (Å²) in [6.07, 6.45) is 1.13. The smallest absolute Gasteiger partial charge is 0.164 e. The standard InChI is InChI=1S/C13H17NO2/c1-15-12-4-2-3-10-11-8-14-7-9(11)5-6-16-13(10)12/h2-4,9,11,14H,5-8H2,1H3. The van der Waals surface area contributed by atoms with Crippen LogP contribution in [-0.4, -0.2) is 26.8 Å². The first-order valence-electron chi connectivity index (χ1n) is 5.90. The van der Waals surface area contributed by atoms with Gasteiger partial charge in [0.05, 0.1) is 13.7 Å². The van der Waals surface area contributed by atoms with Gasteiger partial charge in [0.1, 0.15) is 0 Å². The van der Waals surface area contributed by atoms with Gasteiger partial charge in [-0.15, -0.1) is 0 Å². The normalized spacial score (nSPS) is 27.6. The molecule has 0 spiro atoms. The first kappa shape index (κ1) is 9.97. The fourth-order valence-corrected chi connectivity index (χ4v) is 2.85. The molecule has 0 aliphatic carbocycles. The summed E-state index contributed by atoms with van der Waals surface area (Å²) in [7, 11) is 1.70. The molecule has 2 atom stereocenters. The van der Waals surface area contributed by atoms with E-state index in [9.17, 15) is 0 Å². The summed E-state index contributed by atoms with van der Waals surface area (Å²) in [5.41, 5.74) is 1.31. The number of methoxy groups -OCH3 is 1. The number of fused-ring (bicyclic) bond motifs is 3. The topological polar surface area (TPSA) is 30.5 Å². The maximum atomic E-state index is 5.85. The Bertz CT molecular complexity index is 392. The van der Waals surface area contributed by atoms with Crippen LogP contribution in [0.1, 0.15) is 17.9 Å². The lowest BCUT2D eigenvalue weighted by Crippen LogP contribution is -2.11. The summed E-state index contributed by atoms with van der Waals surface area (Å²) in [5.74, 6) is 3.13. The molecule has 1 aromatic rings. The van der Waals surface area contributed by atoms with E-state index in [1.165, 1.54) is 5.56 Å². The molecule has 0 aromatic heterocycles. The minimum atomic E-state index is 0.590. The lowest BCUT2D eigenvalue weighted by Gasteiger charge is -2.17. The first-order valence-corrected chi connectivity index (χ1v) is 5.90. The molecular formula is C13H17NO2. The largest absolute Gasteiger partial charge is 0.493 e. The van der Waals surface area contributed by atoms with Crippen molar-refractivity contribution in [2.75, 3.05) is 26.8 Å². The van der Waals surface area contributed by atoms with Crippen molar-refractivity contribution in [2.45, 2.75) is 12.3 Å². The van der Waals surface area contributed by atoms with Crippen LogP contribution in [0.5, 0.6) is 11.5 Å². The Morgan fingerprint density at radius 1 is 1.38 bits per heavy atom. The van der Waals surface area contributed by atoms with Crippen molar-refractivity contribution in [1.82, 2.24) is 5.32 Å². The fourth-order valence-electron chi connectivity index (χ4n) is 2.85. The van der Waals surface area contributed by atoms with Gasteiger partial charge < -0.3 is 14.8 Å². The van der Waals surface area contributed by atoms with Crippen molar-refractivity contribution in [3.05, 3.63) is 23.8 Å². The number of para-hydroxylation sites is 1. The van der Waals surface area contributed by atoms with Crippen LogP contribution in [0.15, 0.2) is 18.2 Å². The molecule has 1 fully saturated rings. The molecule has 0 saturated carbocycles. The first-order chi connectivity index (χ1) is 7.90. The Kier molecular flexibility index (Phi) is 2.48.